The number of nitrogens with zero attached hydrogens (tertiary/aromatic N) is 2. The maximum Gasteiger partial charge on any atom is 0.238 e. The van der Waals surface area contributed by atoms with E-state index in [0.717, 1.165) is 17.1 Å². The quantitative estimate of drug-likeness (QED) is 0.573. The molecule has 4 N–H and O–H groups in total. The zero-order valence-corrected chi connectivity index (χ0v) is 12.5. The molecule has 0 unspecified atom stereocenters. The van der Waals surface area contributed by atoms with Crippen molar-refractivity contribution < 1.29 is 0 Å². The standard InChI is InChI=1S/C13H9ClN6OS/c14-6-4-9(21)12-10(5-6)22-19-13(16-12)15-7-2-1-3-8-11(7)18-20-17-8/h1-5,17-18,20H,(H,15,19). The highest BCUT2D eigenvalue weighted by Crippen LogP contribution is 2.34. The number of anilines is 4. The van der Waals surface area contributed by atoms with Crippen molar-refractivity contribution in [3.8, 4) is 10.6 Å². The summed E-state index contributed by atoms with van der Waals surface area (Å²) in [5.74, 6) is 0.360. The molecule has 1 aliphatic carbocycles. The van der Waals surface area contributed by atoms with Crippen molar-refractivity contribution in [1.82, 2.24) is 14.9 Å². The number of hydrogen-bond acceptors (Lipinski definition) is 8. The number of halogens is 1. The molecule has 0 aromatic heterocycles. The third-order valence-corrected chi connectivity index (χ3v) is 4.14. The van der Waals surface area contributed by atoms with Crippen LogP contribution in [-0.2, 0) is 0 Å². The number of benzene rings is 2. The first kappa shape index (κ1) is 13.3. The van der Waals surface area contributed by atoms with E-state index in [-0.39, 0.29) is 5.43 Å². The van der Waals surface area contributed by atoms with Gasteiger partial charge in [-0.25, -0.2) is 4.98 Å². The van der Waals surface area contributed by atoms with Gasteiger partial charge in [-0.1, -0.05) is 17.7 Å². The second-order valence-electron chi connectivity index (χ2n) is 4.60. The average molecular weight is 333 g/mol. The van der Waals surface area contributed by atoms with Crippen LogP contribution >= 0.6 is 23.1 Å². The summed E-state index contributed by atoms with van der Waals surface area (Å²) in [6.45, 7) is 0. The summed E-state index contributed by atoms with van der Waals surface area (Å²) in [7, 11) is 0. The van der Waals surface area contributed by atoms with E-state index in [9.17, 15) is 4.79 Å². The molecule has 0 fully saturated rings. The van der Waals surface area contributed by atoms with Gasteiger partial charge in [-0.3, -0.25) is 10.2 Å². The van der Waals surface area contributed by atoms with Crippen molar-refractivity contribution in [2.75, 3.05) is 16.2 Å². The lowest BCUT2D eigenvalue weighted by molar-refractivity contribution is 1.01. The van der Waals surface area contributed by atoms with E-state index < -0.39 is 0 Å². The minimum absolute atomic E-state index is 0.219. The Morgan fingerprint density at radius 2 is 2.14 bits per heavy atom. The van der Waals surface area contributed by atoms with Gasteiger partial charge >= 0.3 is 0 Å². The molecule has 3 aliphatic rings. The summed E-state index contributed by atoms with van der Waals surface area (Å²) in [4.78, 5) is 16.9. The summed E-state index contributed by atoms with van der Waals surface area (Å²) in [6, 6.07) is 8.74. The molecule has 7 nitrogen and oxygen atoms in total. The minimum atomic E-state index is -0.219. The van der Waals surface area contributed by atoms with Crippen molar-refractivity contribution >= 4 is 46.1 Å². The lowest BCUT2D eigenvalue weighted by atomic mass is 10.2. The molecule has 4 rings (SSSR count). The van der Waals surface area contributed by atoms with Crippen LogP contribution in [0.15, 0.2) is 35.1 Å². The van der Waals surface area contributed by atoms with Crippen LogP contribution in [0.4, 0.5) is 23.0 Å². The van der Waals surface area contributed by atoms with Crippen LogP contribution in [0, 0.1) is 0 Å². The first-order valence-corrected chi connectivity index (χ1v) is 7.50. The van der Waals surface area contributed by atoms with Crippen LogP contribution in [0.2, 0.25) is 5.02 Å². The number of hydrazine groups is 2. The zero-order valence-electron chi connectivity index (χ0n) is 11.0. The lowest BCUT2D eigenvalue weighted by Crippen LogP contribution is -2.19. The van der Waals surface area contributed by atoms with Gasteiger partial charge in [0.05, 0.1) is 21.9 Å². The Morgan fingerprint density at radius 3 is 3.05 bits per heavy atom. The topological polar surface area (TPSA) is 91.0 Å². The Kier molecular flexibility index (Phi) is 3.07. The first-order valence-electron chi connectivity index (χ1n) is 6.35. The van der Waals surface area contributed by atoms with E-state index in [1.54, 1.807) is 6.07 Å². The fourth-order valence-electron chi connectivity index (χ4n) is 2.18. The zero-order chi connectivity index (χ0) is 15.1. The Bertz CT molecular complexity index is 898. The molecule has 9 heteroatoms. The number of fused-ring (bicyclic) bond motifs is 2. The molecule has 0 radical (unpaired) electrons. The van der Waals surface area contributed by atoms with Crippen molar-refractivity contribution in [2.45, 2.75) is 0 Å². The van der Waals surface area contributed by atoms with Crippen molar-refractivity contribution in [2.24, 2.45) is 0 Å². The molecule has 0 atom stereocenters. The molecule has 2 heterocycles. The summed E-state index contributed by atoms with van der Waals surface area (Å²) in [5, 5.41) is 3.50. The number of nitrogens with one attached hydrogen (secondary N) is 4. The SMILES string of the molecule is O=c1cc(Cl)cc2snc(Nc3cccc4c3NNN4)nc1-2. The molecule has 0 saturated carbocycles. The fourth-order valence-corrected chi connectivity index (χ4v) is 3.13. The molecule has 22 heavy (non-hydrogen) atoms. The van der Waals surface area contributed by atoms with Crippen molar-refractivity contribution in [3.63, 3.8) is 0 Å². The Morgan fingerprint density at radius 1 is 1.23 bits per heavy atom. The lowest BCUT2D eigenvalue weighted by Gasteiger charge is -2.10. The average Bonchev–Trinajstić information content (AvgIpc) is 2.97. The molecule has 2 aliphatic heterocycles. The first-order chi connectivity index (χ1) is 10.7. The van der Waals surface area contributed by atoms with Crippen LogP contribution in [0.3, 0.4) is 0 Å². The van der Waals surface area contributed by atoms with Crippen LogP contribution in [0.25, 0.3) is 10.6 Å². The van der Waals surface area contributed by atoms with E-state index in [0.29, 0.717) is 21.5 Å². The van der Waals surface area contributed by atoms with Crippen LogP contribution in [0.5, 0.6) is 0 Å². The van der Waals surface area contributed by atoms with E-state index in [4.69, 9.17) is 11.6 Å². The summed E-state index contributed by atoms with van der Waals surface area (Å²) in [5.41, 5.74) is 11.5. The summed E-state index contributed by atoms with van der Waals surface area (Å²) < 4.78 is 4.26. The molecule has 0 amide bonds. The Balaban J connectivity index is 1.76. The second kappa shape index (κ2) is 5.09. The third-order valence-electron chi connectivity index (χ3n) is 3.15. The monoisotopic (exact) mass is 332 g/mol. The normalized spacial score (nSPS) is 12.6. The van der Waals surface area contributed by atoms with Gasteiger partial charge in [0, 0.05) is 11.1 Å². The van der Waals surface area contributed by atoms with Gasteiger partial charge in [0.1, 0.15) is 5.69 Å². The van der Waals surface area contributed by atoms with E-state index in [1.807, 2.05) is 18.2 Å². The molecule has 1 aromatic rings. The highest BCUT2D eigenvalue weighted by molar-refractivity contribution is 7.09. The predicted octanol–water partition coefficient (Wildman–Crippen LogP) is 2.66. The largest absolute Gasteiger partial charge is 0.322 e. The number of para-hydroxylation sites is 1. The van der Waals surface area contributed by atoms with Gasteiger partial charge in [0.25, 0.3) is 0 Å². The van der Waals surface area contributed by atoms with Crippen LogP contribution in [-0.4, -0.2) is 9.36 Å². The molecular weight excluding hydrogens is 324 g/mol. The third kappa shape index (κ3) is 2.23. The fraction of sp³-hybridized carbons (Fsp3) is 0. The highest BCUT2D eigenvalue weighted by Gasteiger charge is 2.16. The summed E-state index contributed by atoms with van der Waals surface area (Å²) >= 11 is 7.04. The number of aromatic nitrogens is 2. The van der Waals surface area contributed by atoms with Gasteiger partial charge < -0.3 is 10.7 Å². The molecule has 1 aromatic carbocycles. The highest BCUT2D eigenvalue weighted by atomic mass is 35.5. The molecular formula is C13H9ClN6OS. The maximum absolute atomic E-state index is 12.0. The number of rotatable bonds is 2. The molecule has 0 saturated heterocycles. The smallest absolute Gasteiger partial charge is 0.238 e. The van der Waals surface area contributed by atoms with Gasteiger partial charge in [0.2, 0.25) is 11.4 Å². The van der Waals surface area contributed by atoms with E-state index >= 15 is 0 Å². The van der Waals surface area contributed by atoms with E-state index in [2.05, 4.69) is 31.1 Å². The Labute approximate surface area is 133 Å². The van der Waals surface area contributed by atoms with Crippen LogP contribution < -0.4 is 27.1 Å². The predicted molar refractivity (Wildman–Crippen MR) is 87.9 cm³/mol. The molecule has 0 bridgehead atoms. The van der Waals surface area contributed by atoms with Gasteiger partial charge in [-0.2, -0.15) is 4.37 Å². The summed E-state index contributed by atoms with van der Waals surface area (Å²) in [6.07, 6.45) is 0. The number of hydrogen-bond donors (Lipinski definition) is 4. The maximum atomic E-state index is 12.0. The minimum Gasteiger partial charge on any atom is -0.322 e. The van der Waals surface area contributed by atoms with Crippen molar-refractivity contribution in [3.05, 3.63) is 45.6 Å². The van der Waals surface area contributed by atoms with E-state index in [1.165, 1.54) is 17.6 Å². The van der Waals surface area contributed by atoms with Crippen molar-refractivity contribution in [1.29, 1.82) is 0 Å². The van der Waals surface area contributed by atoms with Gasteiger partial charge in [-0.05, 0) is 29.7 Å². The molecule has 110 valence electrons. The van der Waals surface area contributed by atoms with Gasteiger partial charge in [-0.15, -0.1) is 5.53 Å². The molecule has 0 spiro atoms. The van der Waals surface area contributed by atoms with Gasteiger partial charge in [0.15, 0.2) is 0 Å². The second-order valence-corrected chi connectivity index (χ2v) is 5.84. The van der Waals surface area contributed by atoms with Crippen LogP contribution in [0.1, 0.15) is 0 Å². The Hall–Kier alpha value is -2.42.